The fourth-order valence-corrected chi connectivity index (χ4v) is 1.87. The van der Waals surface area contributed by atoms with Crippen molar-refractivity contribution in [3.63, 3.8) is 0 Å². The normalized spacial score (nSPS) is 14.6. The van der Waals surface area contributed by atoms with Crippen LogP contribution >= 0.6 is 0 Å². The van der Waals surface area contributed by atoms with Crippen LogP contribution in [-0.4, -0.2) is 26.4 Å². The molecule has 1 aromatic carbocycles. The van der Waals surface area contributed by atoms with Crippen LogP contribution in [0.3, 0.4) is 0 Å². The number of ether oxygens (including phenoxy) is 2. The van der Waals surface area contributed by atoms with E-state index in [1.165, 1.54) is 11.1 Å². The lowest BCUT2D eigenvalue weighted by atomic mass is 10.0. The maximum absolute atomic E-state index is 6.11. The lowest BCUT2D eigenvalue weighted by Gasteiger charge is -2.17. The summed E-state index contributed by atoms with van der Waals surface area (Å²) in [5.74, 6) is 0. The van der Waals surface area contributed by atoms with Crippen molar-refractivity contribution < 1.29 is 9.47 Å². The minimum absolute atomic E-state index is 0.0760. The summed E-state index contributed by atoms with van der Waals surface area (Å²) in [5.41, 5.74) is 9.72. The van der Waals surface area contributed by atoms with Gasteiger partial charge < -0.3 is 15.2 Å². The van der Waals surface area contributed by atoms with Crippen molar-refractivity contribution in [3.05, 3.63) is 34.9 Å². The van der Waals surface area contributed by atoms with Gasteiger partial charge in [0.05, 0.1) is 25.4 Å². The molecule has 17 heavy (non-hydrogen) atoms. The summed E-state index contributed by atoms with van der Waals surface area (Å²) < 4.78 is 10.6. The van der Waals surface area contributed by atoms with Gasteiger partial charge in [-0.25, -0.2) is 0 Å². The maximum atomic E-state index is 6.11. The van der Waals surface area contributed by atoms with Gasteiger partial charge in [0, 0.05) is 7.11 Å². The van der Waals surface area contributed by atoms with Crippen LogP contribution in [-0.2, 0) is 9.47 Å². The Kier molecular flexibility index (Phi) is 5.62. The van der Waals surface area contributed by atoms with Gasteiger partial charge in [-0.3, -0.25) is 0 Å². The van der Waals surface area contributed by atoms with Gasteiger partial charge in [-0.1, -0.05) is 29.3 Å². The van der Waals surface area contributed by atoms with Crippen molar-refractivity contribution in [2.45, 2.75) is 32.9 Å². The summed E-state index contributed by atoms with van der Waals surface area (Å²) in [7, 11) is 1.67. The number of aryl methyl sites for hydroxylation is 2. The molecule has 0 amide bonds. The summed E-state index contributed by atoms with van der Waals surface area (Å²) in [6, 6.07) is 6.29. The van der Waals surface area contributed by atoms with E-state index in [0.717, 1.165) is 5.56 Å². The van der Waals surface area contributed by atoms with Gasteiger partial charge in [-0.05, 0) is 26.3 Å². The molecule has 0 heterocycles. The molecule has 2 atom stereocenters. The molecule has 3 heteroatoms. The Hall–Kier alpha value is -0.900. The van der Waals surface area contributed by atoms with E-state index in [-0.39, 0.29) is 12.1 Å². The van der Waals surface area contributed by atoms with Crippen LogP contribution in [0.15, 0.2) is 18.2 Å². The van der Waals surface area contributed by atoms with Crippen molar-refractivity contribution >= 4 is 0 Å². The highest BCUT2D eigenvalue weighted by Gasteiger charge is 2.09. The maximum Gasteiger partial charge on any atom is 0.0781 e. The topological polar surface area (TPSA) is 44.5 Å². The summed E-state index contributed by atoms with van der Waals surface area (Å²) in [6.45, 7) is 7.26. The van der Waals surface area contributed by atoms with Gasteiger partial charge in [0.25, 0.3) is 0 Å². The first-order valence-electron chi connectivity index (χ1n) is 5.97. The van der Waals surface area contributed by atoms with Crippen LogP contribution in [0.1, 0.15) is 29.7 Å². The SMILES string of the molecule is COCC(C)OCC(N)c1cc(C)cc(C)c1. The molecule has 1 rings (SSSR count). The molecule has 2 N–H and O–H groups in total. The third-order valence-electron chi connectivity index (χ3n) is 2.63. The van der Waals surface area contributed by atoms with Crippen LogP contribution in [0.25, 0.3) is 0 Å². The first-order valence-corrected chi connectivity index (χ1v) is 5.97. The molecule has 3 nitrogen and oxygen atoms in total. The Bertz CT molecular complexity index is 332. The third kappa shape index (κ3) is 4.86. The summed E-state index contributed by atoms with van der Waals surface area (Å²) in [6.07, 6.45) is 0.0805. The van der Waals surface area contributed by atoms with E-state index in [1.54, 1.807) is 7.11 Å². The van der Waals surface area contributed by atoms with Gasteiger partial charge in [-0.15, -0.1) is 0 Å². The molecule has 0 radical (unpaired) electrons. The van der Waals surface area contributed by atoms with Crippen LogP contribution in [0.2, 0.25) is 0 Å². The van der Waals surface area contributed by atoms with Gasteiger partial charge in [-0.2, -0.15) is 0 Å². The Balaban J connectivity index is 2.54. The van der Waals surface area contributed by atoms with E-state index >= 15 is 0 Å². The van der Waals surface area contributed by atoms with Crippen molar-refractivity contribution in [2.75, 3.05) is 20.3 Å². The number of methoxy groups -OCH3 is 1. The van der Waals surface area contributed by atoms with Crippen molar-refractivity contribution in [1.82, 2.24) is 0 Å². The smallest absolute Gasteiger partial charge is 0.0781 e. The van der Waals surface area contributed by atoms with Gasteiger partial charge >= 0.3 is 0 Å². The van der Waals surface area contributed by atoms with Gasteiger partial charge in [0.2, 0.25) is 0 Å². The van der Waals surface area contributed by atoms with E-state index in [1.807, 2.05) is 6.92 Å². The van der Waals surface area contributed by atoms with E-state index in [2.05, 4.69) is 32.0 Å². The monoisotopic (exact) mass is 237 g/mol. The quantitative estimate of drug-likeness (QED) is 0.826. The third-order valence-corrected chi connectivity index (χ3v) is 2.63. The van der Waals surface area contributed by atoms with Crippen LogP contribution < -0.4 is 5.73 Å². The standard InChI is InChI=1S/C14H23NO2/c1-10-5-11(2)7-13(6-10)14(15)9-17-12(3)8-16-4/h5-7,12,14H,8-9,15H2,1-4H3. The summed E-state index contributed by atoms with van der Waals surface area (Å²) >= 11 is 0. The van der Waals surface area contributed by atoms with E-state index in [4.69, 9.17) is 15.2 Å². The largest absolute Gasteiger partial charge is 0.382 e. The molecule has 0 fully saturated rings. The van der Waals surface area contributed by atoms with E-state index in [0.29, 0.717) is 13.2 Å². The molecular weight excluding hydrogens is 214 g/mol. The molecule has 0 aromatic heterocycles. The molecule has 0 aliphatic rings. The highest BCUT2D eigenvalue weighted by Crippen LogP contribution is 2.15. The number of hydrogen-bond acceptors (Lipinski definition) is 3. The number of benzene rings is 1. The molecule has 0 spiro atoms. The molecule has 0 bridgehead atoms. The summed E-state index contributed by atoms with van der Waals surface area (Å²) in [4.78, 5) is 0. The van der Waals surface area contributed by atoms with Gasteiger partial charge in [0.1, 0.15) is 0 Å². The molecule has 1 aromatic rings. The Morgan fingerprint density at radius 1 is 1.12 bits per heavy atom. The molecule has 0 aliphatic carbocycles. The Morgan fingerprint density at radius 2 is 1.71 bits per heavy atom. The second kappa shape index (κ2) is 6.74. The second-order valence-corrected chi connectivity index (χ2v) is 4.63. The average Bonchev–Trinajstić information content (AvgIpc) is 2.25. The minimum atomic E-state index is -0.0760. The molecule has 0 saturated heterocycles. The first kappa shape index (κ1) is 14.2. The lowest BCUT2D eigenvalue weighted by molar-refractivity contribution is 0.00328. The zero-order valence-electron chi connectivity index (χ0n) is 11.2. The second-order valence-electron chi connectivity index (χ2n) is 4.63. The predicted molar refractivity (Wildman–Crippen MR) is 70.1 cm³/mol. The lowest BCUT2D eigenvalue weighted by Crippen LogP contribution is -2.23. The average molecular weight is 237 g/mol. The number of rotatable bonds is 6. The Morgan fingerprint density at radius 3 is 2.24 bits per heavy atom. The number of hydrogen-bond donors (Lipinski definition) is 1. The highest BCUT2D eigenvalue weighted by molar-refractivity contribution is 5.30. The van der Waals surface area contributed by atoms with Crippen molar-refractivity contribution in [3.8, 4) is 0 Å². The first-order chi connectivity index (χ1) is 8.02. The highest BCUT2D eigenvalue weighted by atomic mass is 16.5. The fourth-order valence-electron chi connectivity index (χ4n) is 1.87. The van der Waals surface area contributed by atoms with Crippen LogP contribution in [0.5, 0.6) is 0 Å². The number of nitrogens with two attached hydrogens (primary N) is 1. The van der Waals surface area contributed by atoms with E-state index < -0.39 is 0 Å². The zero-order valence-corrected chi connectivity index (χ0v) is 11.2. The Labute approximate surface area is 104 Å². The molecule has 0 aliphatic heterocycles. The predicted octanol–water partition coefficient (Wildman–Crippen LogP) is 2.35. The van der Waals surface area contributed by atoms with Gasteiger partial charge in [0.15, 0.2) is 0 Å². The van der Waals surface area contributed by atoms with Crippen molar-refractivity contribution in [2.24, 2.45) is 5.73 Å². The minimum Gasteiger partial charge on any atom is -0.382 e. The molecule has 96 valence electrons. The van der Waals surface area contributed by atoms with Crippen LogP contribution in [0, 0.1) is 13.8 Å². The van der Waals surface area contributed by atoms with Crippen LogP contribution in [0.4, 0.5) is 0 Å². The molecule has 0 saturated carbocycles. The van der Waals surface area contributed by atoms with E-state index in [9.17, 15) is 0 Å². The summed E-state index contributed by atoms with van der Waals surface area (Å²) in [5, 5.41) is 0. The van der Waals surface area contributed by atoms with Crippen molar-refractivity contribution in [1.29, 1.82) is 0 Å². The fraction of sp³-hybridized carbons (Fsp3) is 0.571. The molecule has 2 unspecified atom stereocenters. The zero-order chi connectivity index (χ0) is 12.8. The molecular formula is C14H23NO2.